The van der Waals surface area contributed by atoms with Crippen LogP contribution in [0.25, 0.3) is 10.9 Å². The Morgan fingerprint density at radius 1 is 0.667 bits per heavy atom. The lowest BCUT2D eigenvalue weighted by atomic mass is 9.73. The van der Waals surface area contributed by atoms with Crippen molar-refractivity contribution in [2.75, 3.05) is 0 Å². The largest absolute Gasteiger partial charge is 0.357 e. The maximum absolute atomic E-state index is 3.77. The van der Waals surface area contributed by atoms with Crippen LogP contribution in [0, 0.1) is 0 Å². The molecule has 0 amide bonds. The summed E-state index contributed by atoms with van der Waals surface area (Å²) in [6.45, 7) is 0. The summed E-state index contributed by atoms with van der Waals surface area (Å²) in [5.74, 6) is 0.799. The van der Waals surface area contributed by atoms with Crippen LogP contribution in [0.15, 0.2) is 72.8 Å². The van der Waals surface area contributed by atoms with E-state index in [9.17, 15) is 0 Å². The number of hydrogen-bond donors (Lipinski definition) is 1. The lowest BCUT2D eigenvalue weighted by Gasteiger charge is -2.30. The minimum Gasteiger partial charge on any atom is -0.357 e. The van der Waals surface area contributed by atoms with Gasteiger partial charge in [-0.05, 0) is 40.3 Å². The third-order valence-corrected chi connectivity index (χ3v) is 5.91. The molecule has 0 radical (unpaired) electrons. The summed E-state index contributed by atoms with van der Waals surface area (Å²) < 4.78 is 0. The molecular formula is C23H17N. The summed E-state index contributed by atoms with van der Waals surface area (Å²) in [5.41, 5.74) is 10.1. The molecule has 3 aliphatic rings. The molecule has 0 saturated heterocycles. The molecule has 1 heteroatoms. The van der Waals surface area contributed by atoms with Crippen LogP contribution in [-0.4, -0.2) is 4.98 Å². The zero-order valence-electron chi connectivity index (χ0n) is 13.3. The van der Waals surface area contributed by atoms with E-state index in [1.807, 2.05) is 0 Å². The van der Waals surface area contributed by atoms with Crippen LogP contribution in [0.5, 0.6) is 0 Å². The molecule has 3 aliphatic carbocycles. The van der Waals surface area contributed by atoms with Crippen LogP contribution in [0.1, 0.15) is 45.3 Å². The fraction of sp³-hybridized carbons (Fsp3) is 0.130. The lowest BCUT2D eigenvalue weighted by molar-refractivity contribution is 0.773. The van der Waals surface area contributed by atoms with Gasteiger partial charge in [-0.25, -0.2) is 0 Å². The van der Waals surface area contributed by atoms with Crippen LogP contribution < -0.4 is 0 Å². The molecule has 0 unspecified atom stereocenters. The van der Waals surface area contributed by atoms with Crippen molar-refractivity contribution >= 4 is 10.9 Å². The Morgan fingerprint density at radius 2 is 1.25 bits per heavy atom. The van der Waals surface area contributed by atoms with Crippen molar-refractivity contribution in [3.8, 4) is 0 Å². The van der Waals surface area contributed by atoms with E-state index in [4.69, 9.17) is 0 Å². The van der Waals surface area contributed by atoms with Crippen LogP contribution in [0.2, 0.25) is 0 Å². The van der Waals surface area contributed by atoms with Gasteiger partial charge in [0.2, 0.25) is 0 Å². The van der Waals surface area contributed by atoms with Crippen LogP contribution >= 0.6 is 0 Å². The normalized spacial score (nSPS) is 20.3. The molecule has 7 rings (SSSR count). The molecule has 1 aromatic heterocycles. The molecule has 1 N–H and O–H groups in total. The molecule has 0 aliphatic heterocycles. The van der Waals surface area contributed by atoms with Gasteiger partial charge >= 0.3 is 0 Å². The fourth-order valence-corrected chi connectivity index (χ4v) is 4.94. The Labute approximate surface area is 141 Å². The number of aromatic amines is 1. The third kappa shape index (κ3) is 1.45. The third-order valence-electron chi connectivity index (χ3n) is 5.91. The predicted molar refractivity (Wildman–Crippen MR) is 97.7 cm³/mol. The molecule has 3 aromatic carbocycles. The quantitative estimate of drug-likeness (QED) is 0.451. The van der Waals surface area contributed by atoms with Crippen molar-refractivity contribution in [1.82, 2.24) is 4.98 Å². The molecule has 24 heavy (non-hydrogen) atoms. The van der Waals surface area contributed by atoms with Gasteiger partial charge in [0.05, 0.1) is 0 Å². The summed E-state index contributed by atoms with van der Waals surface area (Å²) in [6, 6.07) is 26.8. The highest BCUT2D eigenvalue weighted by molar-refractivity contribution is 5.86. The first-order chi connectivity index (χ1) is 11.9. The van der Waals surface area contributed by atoms with Gasteiger partial charge in [-0.3, -0.25) is 0 Å². The van der Waals surface area contributed by atoms with E-state index < -0.39 is 0 Å². The van der Waals surface area contributed by atoms with Gasteiger partial charge in [0.15, 0.2) is 0 Å². The summed E-state index contributed by atoms with van der Waals surface area (Å²) >= 11 is 0. The Morgan fingerprint density at radius 3 is 1.96 bits per heavy atom. The zero-order chi connectivity index (χ0) is 15.7. The van der Waals surface area contributed by atoms with Gasteiger partial charge in [0, 0.05) is 28.4 Å². The number of rotatable bonds is 0. The van der Waals surface area contributed by atoms with Gasteiger partial charge in [-0.1, -0.05) is 66.7 Å². The highest BCUT2D eigenvalue weighted by Crippen LogP contribution is 2.52. The average Bonchev–Trinajstić information content (AvgIpc) is 2.85. The number of fused-ring (bicyclic) bond motifs is 1. The Bertz CT molecular complexity index is 1050. The van der Waals surface area contributed by atoms with Crippen LogP contribution in [0.4, 0.5) is 0 Å². The topological polar surface area (TPSA) is 15.8 Å². The van der Waals surface area contributed by atoms with Crippen molar-refractivity contribution in [3.05, 3.63) is 106 Å². The number of H-pyrrole nitrogens is 1. The fourth-order valence-electron chi connectivity index (χ4n) is 4.94. The molecule has 0 spiro atoms. The van der Waals surface area contributed by atoms with Crippen LogP contribution in [-0.2, 0) is 6.42 Å². The Kier molecular flexibility index (Phi) is 2.30. The highest BCUT2D eigenvalue weighted by Gasteiger charge is 2.39. The first-order valence-electron chi connectivity index (χ1n) is 8.69. The molecule has 4 aromatic rings. The van der Waals surface area contributed by atoms with Gasteiger partial charge in [0.1, 0.15) is 0 Å². The summed E-state index contributed by atoms with van der Waals surface area (Å²) in [5, 5.41) is 1.39. The highest BCUT2D eigenvalue weighted by atomic mass is 14.7. The molecule has 114 valence electrons. The van der Waals surface area contributed by atoms with E-state index in [1.54, 1.807) is 0 Å². The van der Waals surface area contributed by atoms with Crippen molar-refractivity contribution < 1.29 is 0 Å². The number of nitrogens with one attached hydrogen (secondary N) is 1. The monoisotopic (exact) mass is 307 g/mol. The molecule has 1 heterocycles. The van der Waals surface area contributed by atoms with Crippen molar-refractivity contribution in [2.24, 2.45) is 0 Å². The number of para-hydroxylation sites is 1. The van der Waals surface area contributed by atoms with Crippen LogP contribution in [0.3, 0.4) is 0 Å². The first kappa shape index (κ1) is 12.6. The summed E-state index contributed by atoms with van der Waals surface area (Å²) in [7, 11) is 0. The maximum atomic E-state index is 3.77. The molecule has 0 atom stereocenters. The lowest BCUT2D eigenvalue weighted by Crippen LogP contribution is -2.16. The van der Waals surface area contributed by atoms with Crippen molar-refractivity contribution in [3.63, 3.8) is 0 Å². The molecule has 0 fully saturated rings. The minimum atomic E-state index is 0.332. The summed E-state index contributed by atoms with van der Waals surface area (Å²) in [6.07, 6.45) is 1.09. The van der Waals surface area contributed by atoms with Gasteiger partial charge in [-0.15, -0.1) is 0 Å². The summed E-state index contributed by atoms with van der Waals surface area (Å²) in [4.78, 5) is 3.77. The van der Waals surface area contributed by atoms with E-state index in [0.29, 0.717) is 11.8 Å². The Balaban J connectivity index is 1.77. The molecule has 0 saturated carbocycles. The number of aromatic nitrogens is 1. The van der Waals surface area contributed by atoms with Crippen molar-refractivity contribution in [1.29, 1.82) is 0 Å². The van der Waals surface area contributed by atoms with E-state index in [2.05, 4.69) is 77.8 Å². The molecular weight excluding hydrogens is 290 g/mol. The number of benzene rings is 3. The molecule has 1 nitrogen and oxygen atoms in total. The van der Waals surface area contributed by atoms with E-state index in [0.717, 1.165) is 6.42 Å². The SMILES string of the molecule is c1ccc2c(c1)C1Cc3c([nH]c4ccccc34)C2c2ccccc21. The standard InChI is InChI=1S/C23H17N/c1-3-10-17-14(7-1)19-13-20-16-9-5-6-12-21(16)24-23(20)22(17)18-11-4-2-8-15(18)19/h1-12,19,22,24H,13H2. The Hall–Kier alpha value is -2.80. The smallest absolute Gasteiger partial charge is 0.0499 e. The van der Waals surface area contributed by atoms with E-state index in [1.165, 1.54) is 44.4 Å². The van der Waals surface area contributed by atoms with E-state index >= 15 is 0 Å². The minimum absolute atomic E-state index is 0.332. The maximum Gasteiger partial charge on any atom is 0.0499 e. The number of hydrogen-bond acceptors (Lipinski definition) is 0. The van der Waals surface area contributed by atoms with Gasteiger partial charge in [0.25, 0.3) is 0 Å². The predicted octanol–water partition coefficient (Wildman–Crippen LogP) is 5.35. The van der Waals surface area contributed by atoms with Crippen molar-refractivity contribution in [2.45, 2.75) is 18.3 Å². The second-order valence-electron chi connectivity index (χ2n) is 7.01. The second-order valence-corrected chi connectivity index (χ2v) is 7.01. The first-order valence-corrected chi connectivity index (χ1v) is 8.69. The van der Waals surface area contributed by atoms with Gasteiger partial charge < -0.3 is 4.98 Å². The average molecular weight is 307 g/mol. The second kappa shape index (κ2) is 4.39. The zero-order valence-corrected chi connectivity index (χ0v) is 13.3. The molecule has 2 bridgehead atoms. The van der Waals surface area contributed by atoms with E-state index in [-0.39, 0.29) is 0 Å². The van der Waals surface area contributed by atoms with Gasteiger partial charge in [-0.2, -0.15) is 0 Å².